The molecule has 0 aliphatic rings. The molecule has 0 saturated carbocycles. The number of hydrogen-bond donors (Lipinski definition) is 2. The standard InChI is InChI=1S/C19H18N6O2/c1-27-16-6-7-18-17(10-16)14(11-21-18)8-9-20-19(26)13-2-4-15(5-3-13)25-12-22-23-24-25/h2-7,10-12,21H,8-9H2,1H3,(H,20,26). The van der Waals surface area contributed by atoms with Gasteiger partial charge in [-0.25, -0.2) is 4.68 Å². The van der Waals surface area contributed by atoms with Crippen LogP contribution in [0.25, 0.3) is 16.6 Å². The van der Waals surface area contributed by atoms with Crippen LogP contribution in [0.3, 0.4) is 0 Å². The number of benzene rings is 2. The molecule has 0 saturated heterocycles. The molecule has 136 valence electrons. The van der Waals surface area contributed by atoms with E-state index < -0.39 is 0 Å². The highest BCUT2D eigenvalue weighted by Crippen LogP contribution is 2.23. The highest BCUT2D eigenvalue weighted by Gasteiger charge is 2.08. The molecule has 2 N–H and O–H groups in total. The lowest BCUT2D eigenvalue weighted by atomic mass is 10.1. The van der Waals surface area contributed by atoms with Gasteiger partial charge in [0.1, 0.15) is 12.1 Å². The number of aromatic amines is 1. The van der Waals surface area contributed by atoms with E-state index in [4.69, 9.17) is 4.74 Å². The van der Waals surface area contributed by atoms with Gasteiger partial charge in [0.25, 0.3) is 5.91 Å². The number of rotatable bonds is 6. The number of ether oxygens (including phenoxy) is 1. The zero-order valence-corrected chi connectivity index (χ0v) is 14.7. The Bertz CT molecular complexity index is 1050. The fourth-order valence-electron chi connectivity index (χ4n) is 2.95. The fourth-order valence-corrected chi connectivity index (χ4v) is 2.95. The van der Waals surface area contributed by atoms with Crippen LogP contribution in [-0.2, 0) is 6.42 Å². The van der Waals surface area contributed by atoms with Crippen LogP contribution in [-0.4, -0.2) is 44.8 Å². The van der Waals surface area contributed by atoms with Crippen LogP contribution < -0.4 is 10.1 Å². The first-order chi connectivity index (χ1) is 13.2. The number of amides is 1. The molecular formula is C19H18N6O2. The Morgan fingerprint density at radius 1 is 1.22 bits per heavy atom. The molecule has 8 nitrogen and oxygen atoms in total. The molecule has 8 heteroatoms. The van der Waals surface area contributed by atoms with E-state index in [0.29, 0.717) is 12.1 Å². The predicted molar refractivity (Wildman–Crippen MR) is 100 cm³/mol. The van der Waals surface area contributed by atoms with Gasteiger partial charge < -0.3 is 15.0 Å². The molecule has 2 aromatic carbocycles. The third kappa shape index (κ3) is 3.50. The van der Waals surface area contributed by atoms with Gasteiger partial charge >= 0.3 is 0 Å². The second kappa shape index (κ2) is 7.28. The summed E-state index contributed by atoms with van der Waals surface area (Å²) in [6.07, 6.45) is 4.20. The first-order valence-corrected chi connectivity index (χ1v) is 8.50. The van der Waals surface area contributed by atoms with E-state index >= 15 is 0 Å². The molecule has 0 atom stereocenters. The highest BCUT2D eigenvalue weighted by molar-refractivity contribution is 5.94. The lowest BCUT2D eigenvalue weighted by Crippen LogP contribution is -2.25. The molecular weight excluding hydrogens is 344 g/mol. The Morgan fingerprint density at radius 3 is 2.81 bits per heavy atom. The van der Waals surface area contributed by atoms with Crippen LogP contribution in [0.5, 0.6) is 5.75 Å². The number of H-pyrrole nitrogens is 1. The summed E-state index contributed by atoms with van der Waals surface area (Å²) in [5.41, 5.74) is 3.57. The Labute approximate surface area is 155 Å². The minimum absolute atomic E-state index is 0.115. The maximum absolute atomic E-state index is 12.3. The van der Waals surface area contributed by atoms with E-state index in [1.165, 1.54) is 11.0 Å². The summed E-state index contributed by atoms with van der Waals surface area (Å²) in [6.45, 7) is 0.539. The third-order valence-corrected chi connectivity index (χ3v) is 4.40. The average molecular weight is 362 g/mol. The van der Waals surface area contributed by atoms with Crippen molar-refractivity contribution >= 4 is 16.8 Å². The van der Waals surface area contributed by atoms with Crippen LogP contribution in [0.2, 0.25) is 0 Å². The van der Waals surface area contributed by atoms with Crippen molar-refractivity contribution in [3.05, 3.63) is 66.1 Å². The van der Waals surface area contributed by atoms with Crippen LogP contribution in [0.4, 0.5) is 0 Å². The normalized spacial score (nSPS) is 10.9. The second-order valence-corrected chi connectivity index (χ2v) is 6.03. The highest BCUT2D eigenvalue weighted by atomic mass is 16.5. The zero-order chi connectivity index (χ0) is 18.6. The number of carbonyl (C=O) groups is 1. The van der Waals surface area contributed by atoms with Crippen LogP contribution >= 0.6 is 0 Å². The van der Waals surface area contributed by atoms with E-state index in [-0.39, 0.29) is 5.91 Å². The number of nitrogens with zero attached hydrogens (tertiary/aromatic N) is 4. The molecule has 2 heterocycles. The predicted octanol–water partition coefficient (Wildman–Crippen LogP) is 2.12. The zero-order valence-electron chi connectivity index (χ0n) is 14.7. The molecule has 4 rings (SSSR count). The van der Waals surface area contributed by atoms with Crippen molar-refractivity contribution in [1.82, 2.24) is 30.5 Å². The Balaban J connectivity index is 1.38. The van der Waals surface area contributed by atoms with E-state index in [9.17, 15) is 4.79 Å². The van der Waals surface area contributed by atoms with Crippen molar-refractivity contribution in [2.75, 3.05) is 13.7 Å². The largest absolute Gasteiger partial charge is 0.497 e. The SMILES string of the molecule is COc1ccc2[nH]cc(CCNC(=O)c3ccc(-n4cnnn4)cc3)c2c1. The summed E-state index contributed by atoms with van der Waals surface area (Å²) in [6, 6.07) is 13.0. The lowest BCUT2D eigenvalue weighted by Gasteiger charge is -2.06. The first-order valence-electron chi connectivity index (χ1n) is 8.50. The molecule has 0 unspecified atom stereocenters. The summed E-state index contributed by atoms with van der Waals surface area (Å²) in [5.74, 6) is 0.700. The Kier molecular flexibility index (Phi) is 4.52. The summed E-state index contributed by atoms with van der Waals surface area (Å²) < 4.78 is 6.82. The molecule has 0 aliphatic carbocycles. The van der Waals surface area contributed by atoms with Gasteiger partial charge in [-0.15, -0.1) is 5.10 Å². The Morgan fingerprint density at radius 2 is 2.07 bits per heavy atom. The lowest BCUT2D eigenvalue weighted by molar-refractivity contribution is 0.0954. The van der Waals surface area contributed by atoms with Gasteiger partial charge in [-0.2, -0.15) is 0 Å². The van der Waals surface area contributed by atoms with Crippen molar-refractivity contribution in [3.8, 4) is 11.4 Å². The number of methoxy groups -OCH3 is 1. The maximum Gasteiger partial charge on any atom is 0.251 e. The Hall–Kier alpha value is -3.68. The summed E-state index contributed by atoms with van der Waals surface area (Å²) >= 11 is 0. The summed E-state index contributed by atoms with van der Waals surface area (Å²) in [4.78, 5) is 15.6. The molecule has 0 radical (unpaired) electrons. The molecule has 1 amide bonds. The van der Waals surface area contributed by atoms with Crippen molar-refractivity contribution in [2.24, 2.45) is 0 Å². The van der Waals surface area contributed by atoms with Gasteiger partial charge in [0, 0.05) is 29.2 Å². The van der Waals surface area contributed by atoms with Gasteiger partial charge in [0.2, 0.25) is 0 Å². The topological polar surface area (TPSA) is 97.7 Å². The van der Waals surface area contributed by atoms with Crippen LogP contribution in [0.15, 0.2) is 55.0 Å². The molecule has 0 aliphatic heterocycles. The minimum Gasteiger partial charge on any atom is -0.497 e. The van der Waals surface area contributed by atoms with Gasteiger partial charge in [-0.3, -0.25) is 4.79 Å². The first kappa shape index (κ1) is 16.8. The van der Waals surface area contributed by atoms with Gasteiger partial charge in [0.05, 0.1) is 12.8 Å². The number of hydrogen-bond acceptors (Lipinski definition) is 5. The minimum atomic E-state index is -0.115. The molecule has 0 fully saturated rings. The van der Waals surface area contributed by atoms with E-state index in [1.807, 2.05) is 24.4 Å². The smallest absolute Gasteiger partial charge is 0.251 e. The monoisotopic (exact) mass is 362 g/mol. The summed E-state index contributed by atoms with van der Waals surface area (Å²) in [5, 5.41) is 15.1. The maximum atomic E-state index is 12.3. The van der Waals surface area contributed by atoms with Gasteiger partial charge in [-0.1, -0.05) is 0 Å². The van der Waals surface area contributed by atoms with Crippen LogP contribution in [0.1, 0.15) is 15.9 Å². The number of fused-ring (bicyclic) bond motifs is 1. The van der Waals surface area contributed by atoms with E-state index in [2.05, 4.69) is 25.8 Å². The van der Waals surface area contributed by atoms with Crippen molar-refractivity contribution in [2.45, 2.75) is 6.42 Å². The second-order valence-electron chi connectivity index (χ2n) is 6.03. The van der Waals surface area contributed by atoms with Crippen LogP contribution in [0, 0.1) is 0 Å². The molecule has 0 spiro atoms. The molecule has 4 aromatic rings. The number of carbonyl (C=O) groups excluding carboxylic acids is 1. The van der Waals surface area contributed by atoms with E-state index in [1.54, 1.807) is 31.4 Å². The number of tetrazole rings is 1. The number of nitrogens with one attached hydrogen (secondary N) is 2. The van der Waals surface area contributed by atoms with Gasteiger partial charge in [-0.05, 0) is 64.9 Å². The average Bonchev–Trinajstić information content (AvgIpc) is 3.38. The van der Waals surface area contributed by atoms with Crippen molar-refractivity contribution in [1.29, 1.82) is 0 Å². The fraction of sp³-hybridized carbons (Fsp3) is 0.158. The third-order valence-electron chi connectivity index (χ3n) is 4.40. The van der Waals surface area contributed by atoms with E-state index in [0.717, 1.165) is 34.3 Å². The molecule has 0 bridgehead atoms. The quantitative estimate of drug-likeness (QED) is 0.548. The van der Waals surface area contributed by atoms with Gasteiger partial charge in [0.15, 0.2) is 0 Å². The van der Waals surface area contributed by atoms with Crippen molar-refractivity contribution in [3.63, 3.8) is 0 Å². The number of aromatic nitrogens is 5. The summed E-state index contributed by atoms with van der Waals surface area (Å²) in [7, 11) is 1.65. The molecule has 2 aromatic heterocycles. The van der Waals surface area contributed by atoms with Crippen molar-refractivity contribution < 1.29 is 9.53 Å². The molecule has 27 heavy (non-hydrogen) atoms.